The zero-order valence-electron chi connectivity index (χ0n) is 11.8. The number of aliphatic hydroxyl groups excluding tert-OH is 1. The lowest BCUT2D eigenvalue weighted by molar-refractivity contribution is 0.0323. The number of hydrogen-bond donors (Lipinski definition) is 1. The van der Waals surface area contributed by atoms with Gasteiger partial charge in [0.1, 0.15) is 0 Å². The number of rotatable bonds is 13. The SMILES string of the molecule is CCCCCCCCC(I)CCCCCC(O)F. The molecule has 0 rings (SSSR count). The molecule has 1 nitrogen and oxygen atoms in total. The predicted molar refractivity (Wildman–Crippen MR) is 86.0 cm³/mol. The van der Waals surface area contributed by atoms with Crippen LogP contribution in [0, 0.1) is 0 Å². The first-order chi connectivity index (χ1) is 8.66. The summed E-state index contributed by atoms with van der Waals surface area (Å²) in [4.78, 5) is 0. The molecule has 0 aliphatic heterocycles. The van der Waals surface area contributed by atoms with Gasteiger partial charge in [-0.15, -0.1) is 0 Å². The molecule has 0 heterocycles. The van der Waals surface area contributed by atoms with Crippen LogP contribution in [-0.4, -0.2) is 15.4 Å². The maximum Gasteiger partial charge on any atom is 0.196 e. The van der Waals surface area contributed by atoms with Gasteiger partial charge in [-0.3, -0.25) is 0 Å². The molecule has 110 valence electrons. The normalized spacial score (nSPS) is 14.7. The molecule has 1 N–H and O–H groups in total. The van der Waals surface area contributed by atoms with Crippen molar-refractivity contribution in [2.75, 3.05) is 0 Å². The van der Waals surface area contributed by atoms with Crippen molar-refractivity contribution in [3.63, 3.8) is 0 Å². The Labute approximate surface area is 126 Å². The Morgan fingerprint density at radius 1 is 0.833 bits per heavy atom. The maximum atomic E-state index is 12.1. The van der Waals surface area contributed by atoms with Gasteiger partial charge in [-0.2, -0.15) is 0 Å². The third-order valence-electron chi connectivity index (χ3n) is 3.33. The highest BCUT2D eigenvalue weighted by Gasteiger charge is 2.04. The van der Waals surface area contributed by atoms with Crippen molar-refractivity contribution in [3.8, 4) is 0 Å². The smallest absolute Gasteiger partial charge is 0.196 e. The molecule has 0 aromatic heterocycles. The van der Waals surface area contributed by atoms with Gasteiger partial charge in [0.05, 0.1) is 0 Å². The summed E-state index contributed by atoms with van der Waals surface area (Å²) in [6, 6.07) is 0. The fraction of sp³-hybridized carbons (Fsp3) is 1.00. The van der Waals surface area contributed by atoms with E-state index in [1.54, 1.807) is 0 Å². The Morgan fingerprint density at radius 2 is 1.28 bits per heavy atom. The molecule has 0 aliphatic carbocycles. The zero-order chi connectivity index (χ0) is 13.6. The van der Waals surface area contributed by atoms with Crippen LogP contribution in [0.5, 0.6) is 0 Å². The molecule has 0 bridgehead atoms. The minimum absolute atomic E-state index is 0.309. The fourth-order valence-electron chi connectivity index (χ4n) is 2.15. The van der Waals surface area contributed by atoms with Crippen LogP contribution >= 0.6 is 22.6 Å². The average Bonchev–Trinajstić information content (AvgIpc) is 2.33. The number of alkyl halides is 2. The van der Waals surface area contributed by atoms with E-state index in [-0.39, 0.29) is 0 Å². The van der Waals surface area contributed by atoms with Crippen LogP contribution in [0.25, 0.3) is 0 Å². The maximum absolute atomic E-state index is 12.1. The second kappa shape index (κ2) is 14.0. The van der Waals surface area contributed by atoms with Crippen LogP contribution < -0.4 is 0 Å². The highest BCUT2D eigenvalue weighted by Crippen LogP contribution is 2.19. The number of hydrogen-bond acceptors (Lipinski definition) is 1. The van der Waals surface area contributed by atoms with Crippen molar-refractivity contribution < 1.29 is 9.50 Å². The molecule has 0 radical (unpaired) electrons. The molecular weight excluding hydrogens is 342 g/mol. The van der Waals surface area contributed by atoms with Gasteiger partial charge in [0.2, 0.25) is 0 Å². The van der Waals surface area contributed by atoms with Gasteiger partial charge >= 0.3 is 0 Å². The van der Waals surface area contributed by atoms with Crippen molar-refractivity contribution in [1.82, 2.24) is 0 Å². The Morgan fingerprint density at radius 3 is 1.83 bits per heavy atom. The molecule has 2 atom stereocenters. The van der Waals surface area contributed by atoms with Crippen LogP contribution in [0.2, 0.25) is 0 Å². The highest BCUT2D eigenvalue weighted by molar-refractivity contribution is 14.1. The first kappa shape index (κ1) is 18.6. The molecule has 0 saturated heterocycles. The third kappa shape index (κ3) is 14.7. The van der Waals surface area contributed by atoms with Crippen molar-refractivity contribution >= 4 is 22.6 Å². The summed E-state index contributed by atoms with van der Waals surface area (Å²) in [5.74, 6) is 0. The van der Waals surface area contributed by atoms with Gasteiger partial charge < -0.3 is 5.11 Å². The van der Waals surface area contributed by atoms with E-state index in [4.69, 9.17) is 5.11 Å². The van der Waals surface area contributed by atoms with Crippen LogP contribution in [0.15, 0.2) is 0 Å². The van der Waals surface area contributed by atoms with Crippen LogP contribution in [0.1, 0.15) is 84.0 Å². The van der Waals surface area contributed by atoms with E-state index in [0.29, 0.717) is 6.42 Å². The largest absolute Gasteiger partial charge is 0.364 e. The summed E-state index contributed by atoms with van der Waals surface area (Å²) in [5.41, 5.74) is 0. The Hall–Kier alpha value is 0.620. The van der Waals surface area contributed by atoms with Crippen molar-refractivity contribution in [1.29, 1.82) is 0 Å². The van der Waals surface area contributed by atoms with E-state index in [1.807, 2.05) is 0 Å². The number of aliphatic hydroxyl groups is 1. The number of unbranched alkanes of at least 4 members (excludes halogenated alkanes) is 7. The molecule has 0 aliphatic rings. The minimum Gasteiger partial charge on any atom is -0.364 e. The molecule has 0 saturated carbocycles. The minimum atomic E-state index is -1.61. The molecule has 18 heavy (non-hydrogen) atoms. The second-order valence-corrected chi connectivity index (χ2v) is 6.99. The molecular formula is C15H30FIO. The number of halogens is 2. The molecule has 2 unspecified atom stereocenters. The van der Waals surface area contributed by atoms with Crippen LogP contribution in [0.4, 0.5) is 4.39 Å². The van der Waals surface area contributed by atoms with E-state index >= 15 is 0 Å². The zero-order valence-corrected chi connectivity index (χ0v) is 14.0. The first-order valence-corrected chi connectivity index (χ1v) is 8.87. The molecule has 0 amide bonds. The summed E-state index contributed by atoms with van der Waals surface area (Å²) < 4.78 is 12.9. The Bertz CT molecular complexity index is 165. The third-order valence-corrected chi connectivity index (χ3v) is 4.58. The van der Waals surface area contributed by atoms with Crippen molar-refractivity contribution in [2.24, 2.45) is 0 Å². The monoisotopic (exact) mass is 372 g/mol. The van der Waals surface area contributed by atoms with Crippen molar-refractivity contribution in [2.45, 2.75) is 94.3 Å². The summed E-state index contributed by atoms with van der Waals surface area (Å²) in [6.45, 7) is 2.25. The Kier molecular flexibility index (Phi) is 14.5. The lowest BCUT2D eigenvalue weighted by atomic mass is 10.0. The van der Waals surface area contributed by atoms with E-state index in [1.165, 1.54) is 57.8 Å². The van der Waals surface area contributed by atoms with Gasteiger partial charge in [-0.25, -0.2) is 4.39 Å². The van der Waals surface area contributed by atoms with Gasteiger partial charge in [0, 0.05) is 10.3 Å². The molecule has 0 fully saturated rings. The summed E-state index contributed by atoms with van der Waals surface area (Å²) in [5, 5.41) is 8.50. The van der Waals surface area contributed by atoms with E-state index in [2.05, 4.69) is 29.5 Å². The van der Waals surface area contributed by atoms with Gasteiger partial charge in [-0.05, 0) is 19.3 Å². The lowest BCUT2D eigenvalue weighted by Crippen LogP contribution is -1.99. The molecule has 0 aromatic rings. The second-order valence-electron chi connectivity index (χ2n) is 5.23. The average molecular weight is 372 g/mol. The van der Waals surface area contributed by atoms with Crippen LogP contribution in [0.3, 0.4) is 0 Å². The van der Waals surface area contributed by atoms with Crippen LogP contribution in [-0.2, 0) is 0 Å². The standard InChI is InChI=1S/C15H30FIO/c1-2-3-4-5-6-8-11-14(17)12-9-7-10-13-15(16)18/h14-15,18H,2-13H2,1H3. The highest BCUT2D eigenvalue weighted by atomic mass is 127. The lowest BCUT2D eigenvalue weighted by Gasteiger charge is -2.09. The van der Waals surface area contributed by atoms with Gasteiger partial charge in [0.25, 0.3) is 0 Å². The van der Waals surface area contributed by atoms with E-state index in [0.717, 1.165) is 16.8 Å². The summed E-state index contributed by atoms with van der Waals surface area (Å²) in [6.07, 6.45) is 12.6. The van der Waals surface area contributed by atoms with Crippen molar-refractivity contribution in [3.05, 3.63) is 0 Å². The summed E-state index contributed by atoms with van der Waals surface area (Å²) >= 11 is 2.55. The van der Waals surface area contributed by atoms with Gasteiger partial charge in [0.15, 0.2) is 6.36 Å². The topological polar surface area (TPSA) is 20.2 Å². The Balaban J connectivity index is 3.15. The van der Waals surface area contributed by atoms with E-state index < -0.39 is 6.36 Å². The molecule has 3 heteroatoms. The summed E-state index contributed by atoms with van der Waals surface area (Å²) in [7, 11) is 0. The van der Waals surface area contributed by atoms with E-state index in [9.17, 15) is 4.39 Å². The predicted octanol–water partition coefficient (Wildman–Crippen LogP) is 5.78. The molecule has 0 aromatic carbocycles. The fourth-order valence-corrected chi connectivity index (χ4v) is 3.03. The molecule has 0 spiro atoms. The quantitative estimate of drug-likeness (QED) is 0.247. The van der Waals surface area contributed by atoms with Gasteiger partial charge in [-0.1, -0.05) is 80.9 Å². The first-order valence-electron chi connectivity index (χ1n) is 7.63.